The third-order valence-electron chi connectivity index (χ3n) is 5.67. The van der Waals surface area contributed by atoms with Crippen LogP contribution in [-0.2, 0) is 11.4 Å². The van der Waals surface area contributed by atoms with Crippen molar-refractivity contribution in [3.8, 4) is 17.6 Å². The van der Waals surface area contributed by atoms with Crippen LogP contribution in [0.5, 0.6) is 11.5 Å². The number of nitrogens with one attached hydrogen (secondary N) is 1. The van der Waals surface area contributed by atoms with Gasteiger partial charge in [0, 0.05) is 11.3 Å². The third kappa shape index (κ3) is 5.48. The average Bonchev–Trinajstić information content (AvgIpc) is 2.88. The van der Waals surface area contributed by atoms with Crippen LogP contribution >= 0.6 is 11.6 Å². The van der Waals surface area contributed by atoms with Crippen molar-refractivity contribution in [3.05, 3.63) is 106 Å². The molecule has 4 aromatic rings. The molecule has 0 bridgehead atoms. The summed E-state index contributed by atoms with van der Waals surface area (Å²) in [4.78, 5) is 12.6. The number of nitriles is 1. The first kappa shape index (κ1) is 24.8. The molecule has 0 saturated carbocycles. The van der Waals surface area contributed by atoms with Crippen molar-refractivity contribution < 1.29 is 18.7 Å². The van der Waals surface area contributed by atoms with Crippen LogP contribution in [0.1, 0.15) is 16.7 Å². The van der Waals surface area contributed by atoms with Crippen LogP contribution in [0.2, 0.25) is 5.02 Å². The number of halogens is 2. The van der Waals surface area contributed by atoms with Crippen molar-refractivity contribution >= 4 is 40.0 Å². The second kappa shape index (κ2) is 10.9. The maximum atomic E-state index is 13.1. The van der Waals surface area contributed by atoms with Gasteiger partial charge in [0.05, 0.1) is 12.1 Å². The van der Waals surface area contributed by atoms with Gasteiger partial charge in [-0.25, -0.2) is 4.39 Å². The molecule has 0 atom stereocenters. The van der Waals surface area contributed by atoms with E-state index >= 15 is 0 Å². The van der Waals surface area contributed by atoms with Gasteiger partial charge in [0.15, 0.2) is 11.5 Å². The summed E-state index contributed by atoms with van der Waals surface area (Å²) >= 11 is 6.54. The minimum Gasteiger partial charge on any atom is -0.493 e. The van der Waals surface area contributed by atoms with Crippen LogP contribution in [0.3, 0.4) is 0 Å². The Hall–Kier alpha value is -4.34. The fraction of sp³-hybridized carbons (Fsp3) is 0.103. The predicted molar refractivity (Wildman–Crippen MR) is 140 cm³/mol. The van der Waals surface area contributed by atoms with Gasteiger partial charge in [0.25, 0.3) is 5.91 Å². The standard InChI is InChI=1S/C29H22ClFN2O3/c1-18-7-8-20-5-3-4-6-24(20)25(18)17-36-28-26(30)14-19(15-27(28)35-2)13-21(16-32)29(34)33-23-11-9-22(31)10-12-23/h3-15H,17H2,1-2H3,(H,33,34)/b21-13+. The average molecular weight is 501 g/mol. The van der Waals surface area contributed by atoms with Crippen molar-refractivity contribution in [1.82, 2.24) is 0 Å². The molecule has 0 aliphatic carbocycles. The molecule has 4 aromatic carbocycles. The van der Waals surface area contributed by atoms with Crippen molar-refractivity contribution in [2.75, 3.05) is 12.4 Å². The van der Waals surface area contributed by atoms with E-state index in [2.05, 4.69) is 11.4 Å². The van der Waals surface area contributed by atoms with Crippen LogP contribution in [-0.4, -0.2) is 13.0 Å². The minimum atomic E-state index is -0.633. The zero-order valence-electron chi connectivity index (χ0n) is 19.6. The first-order valence-electron chi connectivity index (χ1n) is 11.1. The number of hydrogen-bond donors (Lipinski definition) is 1. The lowest BCUT2D eigenvalue weighted by molar-refractivity contribution is -0.112. The Morgan fingerprint density at radius 2 is 1.86 bits per heavy atom. The second-order valence-corrected chi connectivity index (χ2v) is 8.44. The van der Waals surface area contributed by atoms with E-state index in [9.17, 15) is 14.4 Å². The molecule has 0 heterocycles. The quantitative estimate of drug-likeness (QED) is 0.217. The molecule has 0 aromatic heterocycles. The number of rotatable bonds is 7. The summed E-state index contributed by atoms with van der Waals surface area (Å²) in [6, 6.07) is 22.6. The molecule has 7 heteroatoms. The van der Waals surface area contributed by atoms with Gasteiger partial charge in [-0.2, -0.15) is 5.26 Å². The Labute approximate surface area is 213 Å². The molecule has 5 nitrogen and oxygen atoms in total. The van der Waals surface area contributed by atoms with E-state index in [0.29, 0.717) is 22.7 Å². The number of carbonyl (C=O) groups excluding carboxylic acids is 1. The number of aryl methyl sites for hydroxylation is 1. The van der Waals surface area contributed by atoms with E-state index in [1.54, 1.807) is 12.1 Å². The van der Waals surface area contributed by atoms with Gasteiger partial charge in [-0.15, -0.1) is 0 Å². The molecule has 0 saturated heterocycles. The van der Waals surface area contributed by atoms with Gasteiger partial charge in [-0.05, 0) is 71.3 Å². The van der Waals surface area contributed by atoms with Crippen LogP contribution in [0.4, 0.5) is 10.1 Å². The fourth-order valence-electron chi connectivity index (χ4n) is 3.79. The highest BCUT2D eigenvalue weighted by atomic mass is 35.5. The summed E-state index contributed by atoms with van der Waals surface area (Å²) in [6.45, 7) is 2.31. The highest BCUT2D eigenvalue weighted by Crippen LogP contribution is 2.38. The summed E-state index contributed by atoms with van der Waals surface area (Å²) < 4.78 is 24.7. The Balaban J connectivity index is 1.58. The molecule has 0 aliphatic heterocycles. The van der Waals surface area contributed by atoms with Gasteiger partial charge in [0.1, 0.15) is 24.1 Å². The number of fused-ring (bicyclic) bond motifs is 1. The predicted octanol–water partition coefficient (Wildman–Crippen LogP) is 7.07. The van der Waals surface area contributed by atoms with Crippen molar-refractivity contribution in [3.63, 3.8) is 0 Å². The molecular weight excluding hydrogens is 479 g/mol. The molecular formula is C29H22ClFN2O3. The first-order chi connectivity index (χ1) is 17.4. The summed E-state index contributed by atoms with van der Waals surface area (Å²) in [5, 5.41) is 14.6. The Bertz CT molecular complexity index is 1510. The first-order valence-corrected chi connectivity index (χ1v) is 11.4. The molecule has 0 radical (unpaired) electrons. The Morgan fingerprint density at radius 3 is 2.58 bits per heavy atom. The van der Waals surface area contributed by atoms with Gasteiger partial charge < -0.3 is 14.8 Å². The van der Waals surface area contributed by atoms with Crippen LogP contribution < -0.4 is 14.8 Å². The largest absolute Gasteiger partial charge is 0.493 e. The number of ether oxygens (including phenoxy) is 2. The van der Waals surface area contributed by atoms with Crippen molar-refractivity contribution in [2.45, 2.75) is 13.5 Å². The number of methoxy groups -OCH3 is 1. The van der Waals surface area contributed by atoms with E-state index < -0.39 is 11.7 Å². The highest BCUT2D eigenvalue weighted by Gasteiger charge is 2.16. The zero-order valence-corrected chi connectivity index (χ0v) is 20.4. The number of nitrogens with zero attached hydrogens (tertiary/aromatic N) is 1. The Morgan fingerprint density at radius 1 is 1.11 bits per heavy atom. The van der Waals surface area contributed by atoms with Crippen molar-refractivity contribution in [2.24, 2.45) is 0 Å². The van der Waals surface area contributed by atoms with Crippen LogP contribution in [0, 0.1) is 24.1 Å². The molecule has 0 fully saturated rings. The van der Waals surface area contributed by atoms with Gasteiger partial charge >= 0.3 is 0 Å². The van der Waals surface area contributed by atoms with Gasteiger partial charge in [-0.3, -0.25) is 4.79 Å². The molecule has 1 N–H and O–H groups in total. The van der Waals surface area contributed by atoms with E-state index in [1.165, 1.54) is 37.5 Å². The monoisotopic (exact) mass is 500 g/mol. The summed E-state index contributed by atoms with van der Waals surface area (Å²) in [5.74, 6) is -0.338. The maximum Gasteiger partial charge on any atom is 0.266 e. The topological polar surface area (TPSA) is 71.3 Å². The minimum absolute atomic E-state index is 0.155. The molecule has 1 amide bonds. The third-order valence-corrected chi connectivity index (χ3v) is 5.95. The lowest BCUT2D eigenvalue weighted by Crippen LogP contribution is -2.13. The molecule has 0 spiro atoms. The van der Waals surface area contributed by atoms with Crippen molar-refractivity contribution in [1.29, 1.82) is 5.26 Å². The van der Waals surface area contributed by atoms with E-state index in [-0.39, 0.29) is 17.2 Å². The molecule has 36 heavy (non-hydrogen) atoms. The summed E-state index contributed by atoms with van der Waals surface area (Å²) in [5.41, 5.74) is 2.83. The van der Waals surface area contributed by atoms with Gasteiger partial charge in [-0.1, -0.05) is 48.0 Å². The number of benzene rings is 4. The smallest absolute Gasteiger partial charge is 0.266 e. The summed E-state index contributed by atoms with van der Waals surface area (Å²) in [6.07, 6.45) is 1.39. The highest BCUT2D eigenvalue weighted by molar-refractivity contribution is 6.32. The zero-order chi connectivity index (χ0) is 25.7. The maximum absolute atomic E-state index is 13.1. The van der Waals surface area contributed by atoms with E-state index in [4.69, 9.17) is 21.1 Å². The molecule has 180 valence electrons. The lowest BCUT2D eigenvalue weighted by Gasteiger charge is -2.16. The lowest BCUT2D eigenvalue weighted by atomic mass is 10.0. The van der Waals surface area contributed by atoms with E-state index in [1.807, 2.05) is 43.3 Å². The number of carbonyl (C=O) groups is 1. The normalized spacial score (nSPS) is 11.1. The fourth-order valence-corrected chi connectivity index (χ4v) is 4.06. The second-order valence-electron chi connectivity index (χ2n) is 8.04. The Kier molecular flexibility index (Phi) is 7.53. The number of amides is 1. The summed E-state index contributed by atoms with van der Waals surface area (Å²) in [7, 11) is 1.49. The van der Waals surface area contributed by atoms with Gasteiger partial charge in [0.2, 0.25) is 0 Å². The van der Waals surface area contributed by atoms with Crippen LogP contribution in [0.25, 0.3) is 16.8 Å². The number of hydrogen-bond acceptors (Lipinski definition) is 4. The van der Waals surface area contributed by atoms with Crippen LogP contribution in [0.15, 0.2) is 78.4 Å². The number of anilines is 1. The molecule has 4 rings (SSSR count). The molecule has 0 unspecified atom stereocenters. The SMILES string of the molecule is COc1cc(/C=C(\C#N)C(=O)Nc2ccc(F)cc2)cc(Cl)c1OCc1c(C)ccc2ccccc12. The molecule has 0 aliphatic rings. The van der Waals surface area contributed by atoms with E-state index in [0.717, 1.165) is 21.9 Å².